The van der Waals surface area contributed by atoms with Crippen LogP contribution in [0.3, 0.4) is 0 Å². The molecule has 0 spiro atoms. The van der Waals surface area contributed by atoms with Crippen molar-refractivity contribution < 1.29 is 4.79 Å². The van der Waals surface area contributed by atoms with Gasteiger partial charge in [-0.2, -0.15) is 0 Å². The molecule has 1 amide bonds. The van der Waals surface area contributed by atoms with E-state index >= 15 is 0 Å². The summed E-state index contributed by atoms with van der Waals surface area (Å²) in [5.74, 6) is 0.288. The first-order valence-corrected chi connectivity index (χ1v) is 7.91. The normalized spacial score (nSPS) is 22.4. The van der Waals surface area contributed by atoms with Crippen molar-refractivity contribution in [2.24, 2.45) is 0 Å². The number of carbonyl (C=O) groups excluding carboxylic acids is 1. The molecule has 1 aliphatic carbocycles. The van der Waals surface area contributed by atoms with Crippen LogP contribution in [0.4, 0.5) is 0 Å². The molecule has 110 valence electrons. The molecule has 0 aromatic carbocycles. The molecule has 2 fully saturated rings. The van der Waals surface area contributed by atoms with Gasteiger partial charge in [0.1, 0.15) is 0 Å². The van der Waals surface area contributed by atoms with E-state index in [0.29, 0.717) is 0 Å². The second-order valence-electron chi connectivity index (χ2n) is 6.13. The van der Waals surface area contributed by atoms with Crippen LogP contribution >= 0.6 is 0 Å². The molecule has 0 aromatic heterocycles. The summed E-state index contributed by atoms with van der Waals surface area (Å²) in [6, 6.07) is 0.768. The minimum atomic E-state index is -0.0364. The van der Waals surface area contributed by atoms with E-state index in [1.807, 2.05) is 6.92 Å². The summed E-state index contributed by atoms with van der Waals surface area (Å²) in [6.07, 6.45) is 7.58. The molecule has 1 saturated carbocycles. The molecule has 0 bridgehead atoms. The Kier molecular flexibility index (Phi) is 5.64. The van der Waals surface area contributed by atoms with Crippen molar-refractivity contribution in [3.8, 4) is 0 Å². The Balaban J connectivity index is 1.65. The fourth-order valence-electron chi connectivity index (χ4n) is 2.81. The van der Waals surface area contributed by atoms with Crippen molar-refractivity contribution >= 4 is 5.91 Å². The number of hydrogen-bond donors (Lipinski definition) is 1. The number of likely N-dealkylation sites (N-methyl/N-ethyl adjacent to an activating group) is 1. The lowest BCUT2D eigenvalue weighted by Crippen LogP contribution is -2.47. The first-order chi connectivity index (χ1) is 9.18. The summed E-state index contributed by atoms with van der Waals surface area (Å²) in [5, 5.41) is 3.38. The van der Waals surface area contributed by atoms with E-state index in [9.17, 15) is 4.79 Å². The average Bonchev–Trinajstić information content (AvgIpc) is 3.23. The molecule has 4 nitrogen and oxygen atoms in total. The van der Waals surface area contributed by atoms with Crippen LogP contribution in [-0.2, 0) is 4.79 Å². The van der Waals surface area contributed by atoms with Crippen molar-refractivity contribution in [3.63, 3.8) is 0 Å². The zero-order valence-corrected chi connectivity index (χ0v) is 12.5. The van der Waals surface area contributed by atoms with Gasteiger partial charge in [-0.25, -0.2) is 0 Å². The van der Waals surface area contributed by atoms with E-state index in [1.165, 1.54) is 38.5 Å². The Morgan fingerprint density at radius 1 is 1.26 bits per heavy atom. The largest absolute Gasteiger partial charge is 0.341 e. The third kappa shape index (κ3) is 4.77. The maximum atomic E-state index is 12.3. The Morgan fingerprint density at radius 2 is 1.89 bits per heavy atom. The van der Waals surface area contributed by atoms with E-state index in [1.54, 1.807) is 0 Å². The van der Waals surface area contributed by atoms with Crippen molar-refractivity contribution in [1.82, 2.24) is 15.1 Å². The Bertz CT molecular complexity index is 283. The highest BCUT2D eigenvalue weighted by Gasteiger charge is 2.26. The molecule has 2 aliphatic rings. The third-order valence-corrected chi connectivity index (χ3v) is 4.37. The van der Waals surface area contributed by atoms with Crippen LogP contribution < -0.4 is 5.32 Å². The van der Waals surface area contributed by atoms with Crippen LogP contribution in [0.15, 0.2) is 0 Å². The molecule has 1 atom stereocenters. The number of amides is 1. The number of rotatable bonds is 6. The minimum Gasteiger partial charge on any atom is -0.341 e. The first kappa shape index (κ1) is 14.8. The summed E-state index contributed by atoms with van der Waals surface area (Å²) in [4.78, 5) is 16.8. The molecule has 1 N–H and O–H groups in total. The van der Waals surface area contributed by atoms with Gasteiger partial charge < -0.3 is 15.1 Å². The van der Waals surface area contributed by atoms with Crippen molar-refractivity contribution in [3.05, 3.63) is 0 Å². The lowest BCUT2D eigenvalue weighted by Gasteiger charge is -2.25. The summed E-state index contributed by atoms with van der Waals surface area (Å²) in [7, 11) is 2.18. The van der Waals surface area contributed by atoms with Gasteiger partial charge in [0.2, 0.25) is 5.91 Å². The van der Waals surface area contributed by atoms with Gasteiger partial charge in [-0.1, -0.05) is 12.8 Å². The Labute approximate surface area is 117 Å². The predicted octanol–water partition coefficient (Wildman–Crippen LogP) is 1.46. The highest BCUT2D eigenvalue weighted by Crippen LogP contribution is 2.24. The minimum absolute atomic E-state index is 0.0364. The van der Waals surface area contributed by atoms with Gasteiger partial charge in [0, 0.05) is 32.2 Å². The number of nitrogens with zero attached hydrogens (tertiary/aromatic N) is 2. The van der Waals surface area contributed by atoms with E-state index in [2.05, 4.69) is 22.2 Å². The van der Waals surface area contributed by atoms with Crippen molar-refractivity contribution in [2.75, 3.05) is 33.2 Å². The summed E-state index contributed by atoms with van der Waals surface area (Å²) in [6.45, 7) is 5.86. The maximum absolute atomic E-state index is 12.3. The zero-order chi connectivity index (χ0) is 13.7. The molecule has 0 aromatic rings. The van der Waals surface area contributed by atoms with Crippen LogP contribution in [0.2, 0.25) is 0 Å². The molecule has 1 unspecified atom stereocenters. The molecule has 2 rings (SSSR count). The Morgan fingerprint density at radius 3 is 2.47 bits per heavy atom. The highest BCUT2D eigenvalue weighted by molar-refractivity contribution is 5.81. The molecule has 19 heavy (non-hydrogen) atoms. The quantitative estimate of drug-likeness (QED) is 0.791. The van der Waals surface area contributed by atoms with Gasteiger partial charge in [-0.15, -0.1) is 0 Å². The van der Waals surface area contributed by atoms with Crippen LogP contribution in [0.1, 0.15) is 45.4 Å². The van der Waals surface area contributed by atoms with Crippen molar-refractivity contribution in [2.45, 2.75) is 57.5 Å². The molecular weight excluding hydrogens is 238 g/mol. The predicted molar refractivity (Wildman–Crippen MR) is 78.2 cm³/mol. The summed E-state index contributed by atoms with van der Waals surface area (Å²) >= 11 is 0. The van der Waals surface area contributed by atoms with Gasteiger partial charge in [0.25, 0.3) is 0 Å². The lowest BCUT2D eigenvalue weighted by molar-refractivity contribution is -0.133. The Hall–Kier alpha value is -0.610. The van der Waals surface area contributed by atoms with E-state index in [-0.39, 0.29) is 11.9 Å². The second-order valence-corrected chi connectivity index (χ2v) is 6.13. The van der Waals surface area contributed by atoms with Gasteiger partial charge in [0.05, 0.1) is 6.04 Å². The van der Waals surface area contributed by atoms with Gasteiger partial charge in [-0.3, -0.25) is 4.79 Å². The standard InChI is InChI=1S/C15H29N3O/c1-13(16-9-12-17(2)14-7-8-14)15(19)18-10-5-3-4-6-11-18/h13-14,16H,3-12H2,1-2H3. The second kappa shape index (κ2) is 7.25. The average molecular weight is 267 g/mol. The van der Waals surface area contributed by atoms with Crippen LogP contribution in [0.5, 0.6) is 0 Å². The molecule has 1 aliphatic heterocycles. The first-order valence-electron chi connectivity index (χ1n) is 7.91. The van der Waals surface area contributed by atoms with Crippen LogP contribution in [0.25, 0.3) is 0 Å². The topological polar surface area (TPSA) is 35.6 Å². The molecule has 1 saturated heterocycles. The number of hydrogen-bond acceptors (Lipinski definition) is 3. The van der Waals surface area contributed by atoms with E-state index < -0.39 is 0 Å². The fraction of sp³-hybridized carbons (Fsp3) is 0.933. The fourth-order valence-corrected chi connectivity index (χ4v) is 2.81. The molecule has 1 heterocycles. The maximum Gasteiger partial charge on any atom is 0.239 e. The van der Waals surface area contributed by atoms with Gasteiger partial charge in [-0.05, 0) is 39.7 Å². The summed E-state index contributed by atoms with van der Waals surface area (Å²) in [5.41, 5.74) is 0. The highest BCUT2D eigenvalue weighted by atomic mass is 16.2. The number of nitrogens with one attached hydrogen (secondary N) is 1. The lowest BCUT2D eigenvalue weighted by atomic mass is 10.2. The molecule has 4 heteroatoms. The zero-order valence-electron chi connectivity index (χ0n) is 12.5. The van der Waals surface area contributed by atoms with Crippen LogP contribution in [0, 0.1) is 0 Å². The molecule has 0 radical (unpaired) electrons. The third-order valence-electron chi connectivity index (χ3n) is 4.37. The monoisotopic (exact) mass is 267 g/mol. The van der Waals surface area contributed by atoms with Crippen LogP contribution in [-0.4, -0.2) is 61.0 Å². The number of likely N-dealkylation sites (tertiary alicyclic amines) is 1. The number of carbonyl (C=O) groups is 1. The SMILES string of the molecule is CC(NCCN(C)C1CC1)C(=O)N1CCCCCC1. The van der Waals surface area contributed by atoms with E-state index in [0.717, 1.165) is 32.2 Å². The van der Waals surface area contributed by atoms with Gasteiger partial charge >= 0.3 is 0 Å². The summed E-state index contributed by atoms with van der Waals surface area (Å²) < 4.78 is 0. The smallest absolute Gasteiger partial charge is 0.239 e. The van der Waals surface area contributed by atoms with Gasteiger partial charge in [0.15, 0.2) is 0 Å². The molecular formula is C15H29N3O. The van der Waals surface area contributed by atoms with Crippen molar-refractivity contribution in [1.29, 1.82) is 0 Å². The van der Waals surface area contributed by atoms with E-state index in [4.69, 9.17) is 0 Å².